The number of ether oxygens (including phenoxy) is 4. The van der Waals surface area contributed by atoms with Crippen LogP contribution in [-0.2, 0) is 16.5 Å². The Hall–Kier alpha value is -3.78. The molecule has 1 unspecified atom stereocenters. The first-order valence-corrected chi connectivity index (χ1v) is 11.4. The maximum Gasteiger partial charge on any atom is 0.244 e. The number of hydrogen-bond acceptors (Lipinski definition) is 8. The molecule has 0 fully saturated rings. The summed E-state index contributed by atoms with van der Waals surface area (Å²) >= 11 is 0. The van der Waals surface area contributed by atoms with Crippen LogP contribution in [0.4, 0.5) is 0 Å². The molecule has 3 heterocycles. The van der Waals surface area contributed by atoms with Crippen molar-refractivity contribution in [2.24, 2.45) is 18.5 Å². The first kappa shape index (κ1) is 24.3. The standard InChI is InChI=1S/C25H30N6O4/c1-16-13-17(3-4-20(16)34-12-11-33-10-9-32-8-6-26)21-19(14-27)24(28)35-25-22(21)23(29-30-25)18-5-7-31(2)15-18/h3-5,7,13,15,21H,6,8-12,26,28H2,1-2H3,(H,29,30). The largest absolute Gasteiger partial charge is 0.491 e. The Bertz CT molecular complexity index is 1240. The van der Waals surface area contributed by atoms with Crippen molar-refractivity contribution in [1.82, 2.24) is 14.8 Å². The van der Waals surface area contributed by atoms with E-state index in [0.29, 0.717) is 51.0 Å². The van der Waals surface area contributed by atoms with E-state index in [1.54, 1.807) is 0 Å². The number of benzene rings is 1. The molecule has 1 aliphatic heterocycles. The van der Waals surface area contributed by atoms with Crippen LogP contribution < -0.4 is 20.9 Å². The average Bonchev–Trinajstić information content (AvgIpc) is 3.46. The van der Waals surface area contributed by atoms with Gasteiger partial charge in [-0.15, -0.1) is 5.10 Å². The van der Waals surface area contributed by atoms with Gasteiger partial charge in [-0.2, -0.15) is 5.26 Å². The van der Waals surface area contributed by atoms with Gasteiger partial charge in [-0.05, 0) is 30.2 Å². The van der Waals surface area contributed by atoms with E-state index in [4.69, 9.17) is 30.4 Å². The highest BCUT2D eigenvalue weighted by Crippen LogP contribution is 2.46. The molecule has 10 heteroatoms. The highest BCUT2D eigenvalue weighted by Gasteiger charge is 2.36. The number of rotatable bonds is 11. The molecule has 3 aromatic rings. The molecule has 2 aromatic heterocycles. The fourth-order valence-corrected chi connectivity index (χ4v) is 4.08. The number of aromatic nitrogens is 3. The quantitative estimate of drug-likeness (QED) is 0.356. The van der Waals surface area contributed by atoms with Gasteiger partial charge in [-0.3, -0.25) is 5.10 Å². The van der Waals surface area contributed by atoms with Crippen LogP contribution in [0.3, 0.4) is 0 Å². The maximum atomic E-state index is 9.92. The Morgan fingerprint density at radius 3 is 2.63 bits per heavy atom. The molecule has 5 N–H and O–H groups in total. The van der Waals surface area contributed by atoms with Crippen molar-refractivity contribution in [3.05, 3.63) is 64.8 Å². The van der Waals surface area contributed by atoms with Crippen LogP contribution in [0.5, 0.6) is 11.6 Å². The van der Waals surface area contributed by atoms with Gasteiger partial charge in [0, 0.05) is 31.5 Å². The Morgan fingerprint density at radius 1 is 1.17 bits per heavy atom. The van der Waals surface area contributed by atoms with Gasteiger partial charge in [0.25, 0.3) is 0 Å². The molecule has 4 rings (SSSR count). The summed E-state index contributed by atoms with van der Waals surface area (Å²) in [6.07, 6.45) is 3.93. The fourth-order valence-electron chi connectivity index (χ4n) is 4.08. The number of fused-ring (bicyclic) bond motifs is 1. The molecule has 1 aliphatic rings. The topological polar surface area (TPSA) is 146 Å². The molecule has 0 aliphatic carbocycles. The molecule has 0 bridgehead atoms. The van der Waals surface area contributed by atoms with E-state index in [2.05, 4.69) is 16.3 Å². The van der Waals surface area contributed by atoms with Gasteiger partial charge < -0.3 is 35.0 Å². The number of nitrogens with one attached hydrogen (secondary N) is 1. The molecule has 0 saturated heterocycles. The summed E-state index contributed by atoms with van der Waals surface area (Å²) < 4.78 is 24.3. The van der Waals surface area contributed by atoms with E-state index in [0.717, 1.165) is 33.7 Å². The molecular formula is C25H30N6O4. The minimum absolute atomic E-state index is 0.0571. The molecule has 1 aromatic carbocycles. The summed E-state index contributed by atoms with van der Waals surface area (Å²) in [5.41, 5.74) is 16.2. The van der Waals surface area contributed by atoms with Gasteiger partial charge in [0.05, 0.1) is 43.6 Å². The normalized spacial score (nSPS) is 15.0. The lowest BCUT2D eigenvalue weighted by atomic mass is 9.82. The summed E-state index contributed by atoms with van der Waals surface area (Å²) in [7, 11) is 1.95. The summed E-state index contributed by atoms with van der Waals surface area (Å²) in [5, 5.41) is 17.3. The molecule has 35 heavy (non-hydrogen) atoms. The minimum atomic E-state index is -0.428. The van der Waals surface area contributed by atoms with Crippen LogP contribution in [-0.4, -0.2) is 54.3 Å². The van der Waals surface area contributed by atoms with Crippen LogP contribution in [0.2, 0.25) is 0 Å². The van der Waals surface area contributed by atoms with E-state index in [1.807, 2.05) is 55.2 Å². The molecule has 10 nitrogen and oxygen atoms in total. The zero-order chi connectivity index (χ0) is 24.8. The Kier molecular flexibility index (Phi) is 7.72. The number of hydrogen-bond donors (Lipinski definition) is 3. The monoisotopic (exact) mass is 478 g/mol. The Morgan fingerprint density at radius 2 is 1.94 bits per heavy atom. The van der Waals surface area contributed by atoms with Crippen molar-refractivity contribution < 1.29 is 18.9 Å². The molecule has 0 saturated carbocycles. The first-order chi connectivity index (χ1) is 17.0. The second-order valence-electron chi connectivity index (χ2n) is 8.19. The van der Waals surface area contributed by atoms with Gasteiger partial charge >= 0.3 is 0 Å². The number of nitrogens with zero attached hydrogens (tertiary/aromatic N) is 3. The van der Waals surface area contributed by atoms with Crippen molar-refractivity contribution in [2.75, 3.05) is 39.6 Å². The number of aromatic amines is 1. The van der Waals surface area contributed by atoms with Crippen molar-refractivity contribution in [1.29, 1.82) is 5.26 Å². The predicted molar refractivity (Wildman–Crippen MR) is 130 cm³/mol. The van der Waals surface area contributed by atoms with Crippen molar-refractivity contribution in [3.63, 3.8) is 0 Å². The molecule has 0 spiro atoms. The van der Waals surface area contributed by atoms with E-state index in [9.17, 15) is 5.26 Å². The second-order valence-corrected chi connectivity index (χ2v) is 8.19. The van der Waals surface area contributed by atoms with E-state index < -0.39 is 5.92 Å². The molecule has 1 atom stereocenters. The van der Waals surface area contributed by atoms with Gasteiger partial charge in [-0.25, -0.2) is 0 Å². The van der Waals surface area contributed by atoms with Crippen LogP contribution in [0.25, 0.3) is 11.3 Å². The molecule has 0 radical (unpaired) electrons. The summed E-state index contributed by atoms with van der Waals surface area (Å²) in [4.78, 5) is 0. The van der Waals surface area contributed by atoms with Crippen molar-refractivity contribution >= 4 is 0 Å². The highest BCUT2D eigenvalue weighted by atomic mass is 16.5. The summed E-state index contributed by atoms with van der Waals surface area (Å²) in [5.74, 6) is 0.745. The second kappa shape index (κ2) is 11.1. The predicted octanol–water partition coefficient (Wildman–Crippen LogP) is 2.31. The molecular weight excluding hydrogens is 448 g/mol. The number of aryl methyl sites for hydroxylation is 2. The van der Waals surface area contributed by atoms with Crippen LogP contribution in [0.15, 0.2) is 48.1 Å². The number of nitrogens with two attached hydrogens (primary N) is 2. The lowest BCUT2D eigenvalue weighted by Crippen LogP contribution is -2.21. The zero-order valence-corrected chi connectivity index (χ0v) is 19.9. The van der Waals surface area contributed by atoms with Crippen LogP contribution in [0.1, 0.15) is 22.6 Å². The molecule has 184 valence electrons. The third kappa shape index (κ3) is 5.33. The third-order valence-corrected chi connectivity index (χ3v) is 5.71. The smallest absolute Gasteiger partial charge is 0.244 e. The van der Waals surface area contributed by atoms with E-state index in [-0.39, 0.29) is 5.88 Å². The van der Waals surface area contributed by atoms with Gasteiger partial charge in [0.15, 0.2) is 0 Å². The van der Waals surface area contributed by atoms with Crippen molar-refractivity contribution in [3.8, 4) is 29.0 Å². The Balaban J connectivity index is 1.53. The lowest BCUT2D eigenvalue weighted by molar-refractivity contribution is 0.0387. The van der Waals surface area contributed by atoms with Gasteiger partial charge in [0.1, 0.15) is 24.0 Å². The third-order valence-electron chi connectivity index (χ3n) is 5.71. The lowest BCUT2D eigenvalue weighted by Gasteiger charge is -2.24. The van der Waals surface area contributed by atoms with E-state index >= 15 is 0 Å². The highest BCUT2D eigenvalue weighted by molar-refractivity contribution is 5.70. The first-order valence-electron chi connectivity index (χ1n) is 11.4. The molecule has 0 amide bonds. The zero-order valence-electron chi connectivity index (χ0n) is 19.9. The van der Waals surface area contributed by atoms with E-state index in [1.165, 1.54) is 0 Å². The fraction of sp³-hybridized carbons (Fsp3) is 0.360. The van der Waals surface area contributed by atoms with Gasteiger partial charge in [-0.1, -0.05) is 12.1 Å². The SMILES string of the molecule is Cc1cc(C2C(C#N)=C(N)Oc3n[nH]c(-c4ccn(C)c4)c32)ccc1OCCOCCOCCN. The summed E-state index contributed by atoms with van der Waals surface area (Å²) in [6.45, 7) is 4.85. The van der Waals surface area contributed by atoms with Crippen LogP contribution >= 0.6 is 0 Å². The number of nitriles is 1. The van der Waals surface area contributed by atoms with Crippen LogP contribution in [0, 0.1) is 18.3 Å². The van der Waals surface area contributed by atoms with Crippen molar-refractivity contribution in [2.45, 2.75) is 12.8 Å². The maximum absolute atomic E-state index is 9.92. The summed E-state index contributed by atoms with van der Waals surface area (Å²) in [6, 6.07) is 10.1. The Labute approximate surface area is 204 Å². The average molecular weight is 479 g/mol. The number of allylic oxidation sites excluding steroid dienone is 1. The number of H-pyrrole nitrogens is 1. The minimum Gasteiger partial charge on any atom is -0.491 e. The van der Waals surface area contributed by atoms with Gasteiger partial charge in [0.2, 0.25) is 11.8 Å².